The van der Waals surface area contributed by atoms with Gasteiger partial charge in [-0.1, -0.05) is 28.1 Å². The minimum absolute atomic E-state index is 0.0641. The lowest BCUT2D eigenvalue weighted by atomic mass is 10.1. The number of rotatable bonds is 6. The van der Waals surface area contributed by atoms with Crippen molar-refractivity contribution in [2.45, 2.75) is 12.5 Å². The number of ketones is 1. The van der Waals surface area contributed by atoms with Crippen molar-refractivity contribution in [3.8, 4) is 0 Å². The Labute approximate surface area is 147 Å². The van der Waals surface area contributed by atoms with E-state index in [9.17, 15) is 19.5 Å². The lowest BCUT2D eigenvalue weighted by Crippen LogP contribution is -2.41. The second-order valence-electron chi connectivity index (χ2n) is 5.55. The van der Waals surface area contributed by atoms with Crippen molar-refractivity contribution in [3.63, 3.8) is 0 Å². The van der Waals surface area contributed by atoms with Crippen LogP contribution >= 0.6 is 15.9 Å². The Morgan fingerprint density at radius 2 is 1.96 bits per heavy atom. The number of benzene rings is 1. The number of carbonyl (C=O) groups excluding carboxylic acids is 2. The van der Waals surface area contributed by atoms with Crippen LogP contribution in [0.3, 0.4) is 0 Å². The predicted molar refractivity (Wildman–Crippen MR) is 87.9 cm³/mol. The quantitative estimate of drug-likeness (QED) is 0.581. The van der Waals surface area contributed by atoms with Crippen molar-refractivity contribution in [1.29, 1.82) is 0 Å². The van der Waals surface area contributed by atoms with E-state index >= 15 is 0 Å². The van der Waals surface area contributed by atoms with Gasteiger partial charge in [-0.2, -0.15) is 0 Å². The van der Waals surface area contributed by atoms with Crippen LogP contribution in [0.5, 0.6) is 0 Å². The van der Waals surface area contributed by atoms with Gasteiger partial charge in [-0.15, -0.1) is 0 Å². The van der Waals surface area contributed by atoms with Crippen LogP contribution < -0.4 is 0 Å². The van der Waals surface area contributed by atoms with E-state index in [-0.39, 0.29) is 18.2 Å². The average Bonchev–Trinajstić information content (AvgIpc) is 2.97. The van der Waals surface area contributed by atoms with Gasteiger partial charge in [0.1, 0.15) is 6.04 Å². The zero-order valence-electron chi connectivity index (χ0n) is 13.1. The highest BCUT2D eigenvalue weighted by Gasteiger charge is 2.40. The second-order valence-corrected chi connectivity index (χ2v) is 6.46. The Morgan fingerprint density at radius 1 is 1.29 bits per heavy atom. The number of amides is 1. The highest BCUT2D eigenvalue weighted by atomic mass is 79.9. The lowest BCUT2D eigenvalue weighted by molar-refractivity contribution is -0.147. The molecule has 1 aromatic carbocycles. The van der Waals surface area contributed by atoms with Crippen LogP contribution in [0.25, 0.3) is 0 Å². The average molecular weight is 400 g/mol. The predicted octanol–water partition coefficient (Wildman–Crippen LogP) is 2.19. The maximum atomic E-state index is 12.2. The van der Waals surface area contributed by atoms with Crippen LogP contribution in [0.2, 0.25) is 0 Å². The second kappa shape index (κ2) is 8.25. The van der Waals surface area contributed by atoms with Crippen molar-refractivity contribution < 1.29 is 29.0 Å². The summed E-state index contributed by atoms with van der Waals surface area (Å²) in [4.78, 5) is 36.5. The van der Waals surface area contributed by atoms with Gasteiger partial charge in [0.25, 0.3) is 0 Å². The molecule has 2 rings (SSSR count). The third-order valence-corrected chi connectivity index (χ3v) is 4.35. The van der Waals surface area contributed by atoms with E-state index in [4.69, 9.17) is 9.47 Å². The van der Waals surface area contributed by atoms with Crippen molar-refractivity contribution in [1.82, 2.24) is 4.90 Å². The van der Waals surface area contributed by atoms with Crippen molar-refractivity contribution in [3.05, 3.63) is 34.3 Å². The number of nitrogens with zero attached hydrogens (tertiary/aromatic N) is 1. The fourth-order valence-corrected chi connectivity index (χ4v) is 2.93. The summed E-state index contributed by atoms with van der Waals surface area (Å²) in [6, 6.07) is 5.77. The third kappa shape index (κ3) is 4.55. The maximum absolute atomic E-state index is 12.2. The molecule has 130 valence electrons. The molecule has 0 radical (unpaired) electrons. The molecule has 8 heteroatoms. The van der Waals surface area contributed by atoms with E-state index in [1.807, 2.05) is 0 Å². The van der Waals surface area contributed by atoms with Crippen LogP contribution in [0, 0.1) is 5.92 Å². The molecule has 1 aliphatic rings. The van der Waals surface area contributed by atoms with Gasteiger partial charge in [0, 0.05) is 29.6 Å². The van der Waals surface area contributed by atoms with Gasteiger partial charge in [-0.3, -0.25) is 9.69 Å². The molecule has 1 saturated heterocycles. The van der Waals surface area contributed by atoms with Gasteiger partial charge in [-0.05, 0) is 18.6 Å². The van der Waals surface area contributed by atoms with E-state index in [2.05, 4.69) is 15.9 Å². The summed E-state index contributed by atoms with van der Waals surface area (Å²) in [6.45, 7) is 0.161. The molecular weight excluding hydrogens is 382 g/mol. The number of likely N-dealkylation sites (tertiary alicyclic amines) is 1. The number of methoxy groups -OCH3 is 1. The van der Waals surface area contributed by atoms with Gasteiger partial charge in [0.15, 0.2) is 12.4 Å². The van der Waals surface area contributed by atoms with Crippen LogP contribution in [0.1, 0.15) is 16.8 Å². The number of carbonyl (C=O) groups is 3. The Morgan fingerprint density at radius 3 is 2.54 bits per heavy atom. The van der Waals surface area contributed by atoms with Crippen molar-refractivity contribution in [2.24, 2.45) is 5.92 Å². The molecule has 0 saturated carbocycles. The molecule has 1 fully saturated rings. The van der Waals surface area contributed by atoms with Crippen molar-refractivity contribution in [2.75, 3.05) is 26.9 Å². The van der Waals surface area contributed by atoms with Crippen molar-refractivity contribution >= 4 is 33.8 Å². The van der Waals surface area contributed by atoms with Crippen LogP contribution in [-0.4, -0.2) is 60.8 Å². The number of esters is 1. The summed E-state index contributed by atoms with van der Waals surface area (Å²) in [5.74, 6) is -1.11. The first-order valence-corrected chi connectivity index (χ1v) is 8.15. The molecule has 0 aliphatic carbocycles. The van der Waals surface area contributed by atoms with E-state index in [1.54, 1.807) is 24.3 Å². The first-order chi connectivity index (χ1) is 11.4. The summed E-state index contributed by atoms with van der Waals surface area (Å²) in [5, 5.41) is 9.21. The normalized spacial score (nSPS) is 20.0. The molecular formula is C16H18BrNO6. The topological polar surface area (TPSA) is 93.1 Å². The SMILES string of the molecule is COCC1CC(C(=O)OCC(=O)c2ccc(Br)cc2)N(C(=O)O)C1. The van der Waals surface area contributed by atoms with Gasteiger partial charge >= 0.3 is 12.1 Å². The molecule has 1 N–H and O–H groups in total. The molecule has 24 heavy (non-hydrogen) atoms. The Bertz CT molecular complexity index is 617. The van der Waals surface area contributed by atoms with Crippen LogP contribution in [0.15, 0.2) is 28.7 Å². The van der Waals surface area contributed by atoms with Gasteiger partial charge < -0.3 is 14.6 Å². The number of Topliss-reactive ketones (excluding diaryl/α,β-unsaturated/α-hetero) is 1. The number of carboxylic acid groups (broad SMARTS) is 1. The minimum Gasteiger partial charge on any atom is -0.465 e. The summed E-state index contributed by atoms with van der Waals surface area (Å²) in [6.07, 6.45) is -0.861. The molecule has 0 spiro atoms. The van der Waals surface area contributed by atoms with Crippen LogP contribution in [0.4, 0.5) is 4.79 Å². The number of ether oxygens (including phenoxy) is 2. The summed E-state index contributed by atoms with van der Waals surface area (Å²) >= 11 is 3.27. The zero-order valence-corrected chi connectivity index (χ0v) is 14.7. The van der Waals surface area contributed by atoms with Gasteiger partial charge in [0.2, 0.25) is 0 Å². The fourth-order valence-electron chi connectivity index (χ4n) is 2.67. The summed E-state index contributed by atoms with van der Waals surface area (Å²) in [7, 11) is 1.52. The van der Waals surface area contributed by atoms with Gasteiger partial charge in [-0.25, -0.2) is 9.59 Å². The Kier molecular flexibility index (Phi) is 6.33. The number of hydrogen-bond acceptors (Lipinski definition) is 5. The Balaban J connectivity index is 1.94. The van der Waals surface area contributed by atoms with E-state index < -0.39 is 24.7 Å². The number of halogens is 1. The molecule has 0 bridgehead atoms. The standard InChI is InChI=1S/C16H18BrNO6/c1-23-8-10-6-13(18(7-10)16(21)22)15(20)24-9-14(19)11-2-4-12(17)5-3-11/h2-5,10,13H,6-9H2,1H3,(H,21,22). The lowest BCUT2D eigenvalue weighted by Gasteiger charge is -2.19. The molecule has 1 aromatic rings. The zero-order chi connectivity index (χ0) is 17.7. The molecule has 1 amide bonds. The fraction of sp³-hybridized carbons (Fsp3) is 0.438. The molecule has 1 aliphatic heterocycles. The molecule has 1 heterocycles. The Hall–Kier alpha value is -1.93. The van der Waals surface area contributed by atoms with E-state index in [0.717, 1.165) is 9.37 Å². The van der Waals surface area contributed by atoms with E-state index in [0.29, 0.717) is 18.6 Å². The number of hydrogen-bond donors (Lipinski definition) is 1. The highest BCUT2D eigenvalue weighted by Crippen LogP contribution is 2.24. The van der Waals surface area contributed by atoms with E-state index in [1.165, 1.54) is 7.11 Å². The van der Waals surface area contributed by atoms with Crippen LogP contribution in [-0.2, 0) is 14.3 Å². The van der Waals surface area contributed by atoms with Gasteiger partial charge in [0.05, 0.1) is 6.61 Å². The summed E-state index contributed by atoms with van der Waals surface area (Å²) in [5.41, 5.74) is 0.421. The molecule has 2 unspecified atom stereocenters. The third-order valence-electron chi connectivity index (χ3n) is 3.82. The molecule has 0 aromatic heterocycles. The largest absolute Gasteiger partial charge is 0.465 e. The maximum Gasteiger partial charge on any atom is 0.408 e. The summed E-state index contributed by atoms with van der Waals surface area (Å²) < 4.78 is 10.9. The highest BCUT2D eigenvalue weighted by molar-refractivity contribution is 9.10. The monoisotopic (exact) mass is 399 g/mol. The first-order valence-electron chi connectivity index (χ1n) is 7.36. The first kappa shape index (κ1) is 18.4. The molecule has 2 atom stereocenters. The minimum atomic E-state index is -1.19. The molecule has 7 nitrogen and oxygen atoms in total. The smallest absolute Gasteiger partial charge is 0.408 e.